The molecule has 1 aliphatic rings. The summed E-state index contributed by atoms with van der Waals surface area (Å²) < 4.78 is 7.22. The summed E-state index contributed by atoms with van der Waals surface area (Å²) in [5.41, 5.74) is 0.923. The quantitative estimate of drug-likeness (QED) is 0.776. The third-order valence-corrected chi connectivity index (χ3v) is 4.32. The van der Waals surface area contributed by atoms with E-state index in [1.807, 2.05) is 11.5 Å². The molecule has 0 radical (unpaired) electrons. The number of nitrogens with zero attached hydrogens (tertiary/aromatic N) is 2. The van der Waals surface area contributed by atoms with E-state index in [2.05, 4.69) is 9.97 Å². The van der Waals surface area contributed by atoms with Gasteiger partial charge in [0.05, 0.1) is 5.69 Å². The predicted molar refractivity (Wildman–Crippen MR) is 85.3 cm³/mol. The second-order valence-corrected chi connectivity index (χ2v) is 5.69. The zero-order chi connectivity index (χ0) is 17.4. The summed E-state index contributed by atoms with van der Waals surface area (Å²) in [5, 5.41) is 19.5. The highest BCUT2D eigenvalue weighted by atomic mass is 16.5. The normalized spacial score (nSPS) is 13.2. The molecule has 0 aliphatic heterocycles. The van der Waals surface area contributed by atoms with Gasteiger partial charge < -0.3 is 24.5 Å². The maximum Gasteiger partial charge on any atom is 0.345 e. The van der Waals surface area contributed by atoms with Gasteiger partial charge in [-0.15, -0.1) is 0 Å². The SMILES string of the molecule is CCn1c(COC)nc2c1CCCc1c-2[nH]c(=O)c(C(=O)O)c1O. The third kappa shape index (κ3) is 2.39. The molecule has 24 heavy (non-hydrogen) atoms. The van der Waals surface area contributed by atoms with Gasteiger partial charge in [-0.05, 0) is 26.2 Å². The van der Waals surface area contributed by atoms with E-state index in [0.717, 1.165) is 24.4 Å². The number of fused-ring (bicyclic) bond motifs is 3. The summed E-state index contributed by atoms with van der Waals surface area (Å²) in [6, 6.07) is 0. The van der Waals surface area contributed by atoms with Crippen LogP contribution in [-0.4, -0.2) is 37.8 Å². The van der Waals surface area contributed by atoms with Crippen molar-refractivity contribution in [3.05, 3.63) is 33.0 Å². The summed E-state index contributed by atoms with van der Waals surface area (Å²) in [4.78, 5) is 30.5. The molecule has 0 saturated heterocycles. The molecule has 8 nitrogen and oxygen atoms in total. The number of aromatic nitrogens is 3. The molecule has 2 aromatic heterocycles. The molecule has 0 saturated carbocycles. The number of carboxylic acids is 1. The monoisotopic (exact) mass is 333 g/mol. The van der Waals surface area contributed by atoms with Crippen LogP contribution in [0.25, 0.3) is 11.4 Å². The molecule has 3 rings (SSSR count). The molecule has 8 heteroatoms. The topological polar surface area (TPSA) is 117 Å². The van der Waals surface area contributed by atoms with Crippen LogP contribution in [0.15, 0.2) is 4.79 Å². The van der Waals surface area contributed by atoms with E-state index >= 15 is 0 Å². The van der Waals surface area contributed by atoms with E-state index in [0.29, 0.717) is 36.5 Å². The summed E-state index contributed by atoms with van der Waals surface area (Å²) in [7, 11) is 1.58. The van der Waals surface area contributed by atoms with Crippen LogP contribution in [0.1, 0.15) is 40.8 Å². The molecule has 2 aromatic rings. The minimum absolute atomic E-state index is 0.333. The second kappa shape index (κ2) is 6.12. The first-order valence-corrected chi connectivity index (χ1v) is 7.78. The lowest BCUT2D eigenvalue weighted by molar-refractivity contribution is 0.0691. The van der Waals surface area contributed by atoms with Gasteiger partial charge in [-0.3, -0.25) is 4.79 Å². The largest absolute Gasteiger partial charge is 0.506 e. The fourth-order valence-corrected chi connectivity index (χ4v) is 3.31. The highest BCUT2D eigenvalue weighted by Gasteiger charge is 2.28. The van der Waals surface area contributed by atoms with Gasteiger partial charge in [-0.25, -0.2) is 9.78 Å². The van der Waals surface area contributed by atoms with Crippen molar-refractivity contribution in [1.29, 1.82) is 0 Å². The van der Waals surface area contributed by atoms with E-state index in [9.17, 15) is 14.7 Å². The Bertz CT molecular complexity index is 866. The number of aromatic amines is 1. The van der Waals surface area contributed by atoms with Gasteiger partial charge in [-0.2, -0.15) is 0 Å². The highest BCUT2D eigenvalue weighted by molar-refractivity contribution is 5.91. The van der Waals surface area contributed by atoms with Crippen LogP contribution in [0.5, 0.6) is 5.75 Å². The van der Waals surface area contributed by atoms with E-state index in [4.69, 9.17) is 9.84 Å². The van der Waals surface area contributed by atoms with Crippen LogP contribution >= 0.6 is 0 Å². The van der Waals surface area contributed by atoms with Gasteiger partial charge in [0.1, 0.15) is 23.9 Å². The van der Waals surface area contributed by atoms with E-state index in [1.165, 1.54) is 0 Å². The number of ether oxygens (including phenoxy) is 1. The lowest BCUT2D eigenvalue weighted by Crippen LogP contribution is -2.20. The summed E-state index contributed by atoms with van der Waals surface area (Å²) in [6.45, 7) is 3.04. The predicted octanol–water partition coefficient (Wildman–Crippen LogP) is 1.30. The molecule has 0 fully saturated rings. The molecule has 2 heterocycles. The number of carbonyl (C=O) groups is 1. The molecule has 0 spiro atoms. The average molecular weight is 333 g/mol. The number of hydrogen-bond acceptors (Lipinski definition) is 5. The molecular formula is C16H19N3O5. The number of aromatic carboxylic acids is 1. The Balaban J connectivity index is 2.30. The van der Waals surface area contributed by atoms with Crippen molar-refractivity contribution >= 4 is 5.97 Å². The van der Waals surface area contributed by atoms with Crippen molar-refractivity contribution in [2.75, 3.05) is 7.11 Å². The smallest absolute Gasteiger partial charge is 0.345 e. The molecule has 128 valence electrons. The zero-order valence-corrected chi connectivity index (χ0v) is 13.5. The number of H-pyrrole nitrogens is 1. The van der Waals surface area contributed by atoms with Crippen molar-refractivity contribution in [3.8, 4) is 17.1 Å². The Labute approximate surface area is 137 Å². The van der Waals surface area contributed by atoms with Crippen LogP contribution < -0.4 is 5.56 Å². The van der Waals surface area contributed by atoms with Crippen molar-refractivity contribution in [1.82, 2.24) is 14.5 Å². The number of hydrogen-bond donors (Lipinski definition) is 3. The Morgan fingerprint density at radius 3 is 2.79 bits per heavy atom. The van der Waals surface area contributed by atoms with Gasteiger partial charge in [0, 0.05) is 24.9 Å². The molecule has 1 aliphatic carbocycles. The first-order chi connectivity index (χ1) is 11.5. The van der Waals surface area contributed by atoms with Crippen molar-refractivity contribution < 1.29 is 19.7 Å². The summed E-state index contributed by atoms with van der Waals surface area (Å²) in [6.07, 6.45) is 1.91. The number of nitrogens with one attached hydrogen (secondary N) is 1. The Hall–Kier alpha value is -2.61. The number of pyridine rings is 1. The number of aromatic hydroxyl groups is 1. The molecular weight excluding hydrogens is 314 g/mol. The highest BCUT2D eigenvalue weighted by Crippen LogP contribution is 2.35. The average Bonchev–Trinajstić information content (AvgIpc) is 2.76. The van der Waals surface area contributed by atoms with Crippen LogP contribution in [0.4, 0.5) is 0 Å². The Morgan fingerprint density at radius 1 is 1.42 bits per heavy atom. The van der Waals surface area contributed by atoms with Crippen LogP contribution in [0.3, 0.4) is 0 Å². The minimum atomic E-state index is -1.44. The van der Waals surface area contributed by atoms with Crippen LogP contribution in [0, 0.1) is 0 Å². The minimum Gasteiger partial charge on any atom is -0.506 e. The first kappa shape index (κ1) is 16.3. The second-order valence-electron chi connectivity index (χ2n) is 5.69. The molecule has 0 aromatic carbocycles. The number of imidazole rings is 1. The molecule has 0 atom stereocenters. The fraction of sp³-hybridized carbons (Fsp3) is 0.438. The number of rotatable bonds is 4. The Kier molecular flexibility index (Phi) is 4.15. The van der Waals surface area contributed by atoms with Gasteiger partial charge >= 0.3 is 5.97 Å². The van der Waals surface area contributed by atoms with E-state index < -0.39 is 22.8 Å². The van der Waals surface area contributed by atoms with Gasteiger partial charge in [-0.1, -0.05) is 0 Å². The summed E-state index contributed by atoms with van der Waals surface area (Å²) >= 11 is 0. The Morgan fingerprint density at radius 2 is 2.17 bits per heavy atom. The number of carboxylic acid groups (broad SMARTS) is 1. The third-order valence-electron chi connectivity index (χ3n) is 4.32. The van der Waals surface area contributed by atoms with Crippen molar-refractivity contribution in [3.63, 3.8) is 0 Å². The molecule has 3 N–H and O–H groups in total. The summed E-state index contributed by atoms with van der Waals surface area (Å²) in [5.74, 6) is -1.17. The zero-order valence-electron chi connectivity index (χ0n) is 13.5. The molecule has 0 bridgehead atoms. The van der Waals surface area contributed by atoms with Gasteiger partial charge in [0.2, 0.25) is 0 Å². The molecule has 0 unspecified atom stereocenters. The van der Waals surface area contributed by atoms with Gasteiger partial charge in [0.25, 0.3) is 5.56 Å². The van der Waals surface area contributed by atoms with E-state index in [-0.39, 0.29) is 0 Å². The van der Waals surface area contributed by atoms with Crippen LogP contribution in [0.2, 0.25) is 0 Å². The van der Waals surface area contributed by atoms with Crippen molar-refractivity contribution in [2.45, 2.75) is 39.3 Å². The standard InChI is InChI=1S/C16H19N3O5/c1-3-19-9-6-4-5-8-12(13(9)17-10(19)7-24-2)18-15(21)11(14(8)20)16(22)23/h3-7H2,1-2H3,(H,22,23)(H2,18,20,21). The van der Waals surface area contributed by atoms with Crippen LogP contribution in [-0.2, 0) is 30.7 Å². The fourth-order valence-electron chi connectivity index (χ4n) is 3.31. The molecule has 0 amide bonds. The number of methoxy groups -OCH3 is 1. The lowest BCUT2D eigenvalue weighted by atomic mass is 10.0. The van der Waals surface area contributed by atoms with Crippen molar-refractivity contribution in [2.24, 2.45) is 0 Å². The maximum atomic E-state index is 12.1. The van der Waals surface area contributed by atoms with Gasteiger partial charge in [0.15, 0.2) is 5.56 Å². The van der Waals surface area contributed by atoms with E-state index in [1.54, 1.807) is 7.11 Å². The maximum absolute atomic E-state index is 12.1. The first-order valence-electron chi connectivity index (χ1n) is 7.78. The lowest BCUT2D eigenvalue weighted by Gasteiger charge is -2.09.